The highest BCUT2D eigenvalue weighted by Crippen LogP contribution is 2.16. The highest BCUT2D eigenvalue weighted by molar-refractivity contribution is 5.94. The summed E-state index contributed by atoms with van der Waals surface area (Å²) >= 11 is 0. The van der Waals surface area contributed by atoms with Gasteiger partial charge in [0.1, 0.15) is 24.6 Å². The van der Waals surface area contributed by atoms with Gasteiger partial charge in [-0.2, -0.15) is 13.2 Å². The monoisotopic (exact) mass is 421 g/mol. The number of amides is 1. The molecule has 0 unspecified atom stereocenters. The molecule has 0 fully saturated rings. The first-order valence-electron chi connectivity index (χ1n) is 9.40. The van der Waals surface area contributed by atoms with Crippen LogP contribution in [0, 0.1) is 6.92 Å². The second kappa shape index (κ2) is 9.62. The number of halogens is 3. The lowest BCUT2D eigenvalue weighted by Crippen LogP contribution is -2.26. The van der Waals surface area contributed by atoms with Gasteiger partial charge in [0.05, 0.1) is 5.69 Å². The number of pyridine rings is 1. The van der Waals surface area contributed by atoms with Crippen molar-refractivity contribution < 1.29 is 27.4 Å². The highest BCUT2D eigenvalue weighted by Gasteiger charge is 2.27. The normalized spacial score (nSPS) is 11.6. The lowest BCUT2D eigenvalue weighted by molar-refractivity contribution is -0.173. The van der Waals surface area contributed by atoms with E-state index in [-0.39, 0.29) is 32.1 Å². The Morgan fingerprint density at radius 3 is 2.83 bits per heavy atom. The van der Waals surface area contributed by atoms with Crippen molar-refractivity contribution in [3.8, 4) is 5.75 Å². The molecule has 0 aliphatic carbocycles. The van der Waals surface area contributed by atoms with E-state index < -0.39 is 12.8 Å². The summed E-state index contributed by atoms with van der Waals surface area (Å²) < 4.78 is 48.1. The van der Waals surface area contributed by atoms with Crippen LogP contribution >= 0.6 is 0 Å². The minimum atomic E-state index is -4.34. The van der Waals surface area contributed by atoms with Gasteiger partial charge in [0.15, 0.2) is 0 Å². The minimum Gasteiger partial charge on any atom is -0.487 e. The molecule has 2 heterocycles. The van der Waals surface area contributed by atoms with Gasteiger partial charge in [-0.05, 0) is 43.2 Å². The van der Waals surface area contributed by atoms with Crippen LogP contribution in [0.2, 0.25) is 0 Å². The van der Waals surface area contributed by atoms with Gasteiger partial charge >= 0.3 is 6.18 Å². The van der Waals surface area contributed by atoms with Gasteiger partial charge < -0.3 is 19.2 Å². The Hall–Kier alpha value is -3.07. The number of aryl methyl sites for hydroxylation is 1. The number of carbonyl (C=O) groups is 1. The van der Waals surface area contributed by atoms with Crippen LogP contribution < -0.4 is 10.1 Å². The number of nitrogens with zero attached hydrogens (tertiary/aromatic N) is 2. The molecule has 6 nitrogen and oxygen atoms in total. The summed E-state index contributed by atoms with van der Waals surface area (Å²) in [7, 11) is 0. The van der Waals surface area contributed by atoms with E-state index in [4.69, 9.17) is 4.74 Å². The van der Waals surface area contributed by atoms with Crippen LogP contribution in [0.1, 0.15) is 28.0 Å². The third-order valence-corrected chi connectivity index (χ3v) is 4.15. The molecule has 160 valence electrons. The van der Waals surface area contributed by atoms with E-state index in [1.54, 1.807) is 24.3 Å². The maximum absolute atomic E-state index is 12.2. The number of imidazole rings is 1. The van der Waals surface area contributed by atoms with E-state index in [2.05, 4.69) is 15.0 Å². The number of hydrogen-bond acceptors (Lipinski definition) is 4. The number of carbonyl (C=O) groups excluding carboxylic acids is 1. The first-order chi connectivity index (χ1) is 14.3. The maximum atomic E-state index is 12.2. The van der Waals surface area contributed by atoms with E-state index in [0.717, 1.165) is 16.9 Å². The molecule has 0 spiro atoms. The third-order valence-electron chi connectivity index (χ3n) is 4.15. The topological polar surface area (TPSA) is 64.9 Å². The second-order valence-electron chi connectivity index (χ2n) is 6.80. The van der Waals surface area contributed by atoms with Crippen LogP contribution in [0.25, 0.3) is 5.65 Å². The van der Waals surface area contributed by atoms with E-state index in [0.29, 0.717) is 11.3 Å². The Morgan fingerprint density at radius 2 is 2.03 bits per heavy atom. The average Bonchev–Trinajstić information content (AvgIpc) is 3.10. The summed E-state index contributed by atoms with van der Waals surface area (Å²) in [6.07, 6.45) is -0.192. The number of alkyl halides is 3. The van der Waals surface area contributed by atoms with Crippen LogP contribution in [0.4, 0.5) is 13.2 Å². The molecule has 0 radical (unpaired) electrons. The van der Waals surface area contributed by atoms with Gasteiger partial charge in [-0.1, -0.05) is 12.1 Å². The zero-order valence-electron chi connectivity index (χ0n) is 16.4. The Kier molecular flexibility index (Phi) is 6.94. The molecule has 0 atom stereocenters. The second-order valence-corrected chi connectivity index (χ2v) is 6.80. The zero-order valence-corrected chi connectivity index (χ0v) is 16.4. The van der Waals surface area contributed by atoms with Crippen molar-refractivity contribution in [2.45, 2.75) is 26.1 Å². The van der Waals surface area contributed by atoms with Gasteiger partial charge in [0.25, 0.3) is 5.91 Å². The van der Waals surface area contributed by atoms with Crippen molar-refractivity contribution in [2.24, 2.45) is 0 Å². The predicted octanol–water partition coefficient (Wildman–Crippen LogP) is 3.92. The summed E-state index contributed by atoms with van der Waals surface area (Å²) in [6.45, 7) is 1.10. The van der Waals surface area contributed by atoms with Crippen molar-refractivity contribution >= 4 is 11.6 Å². The predicted molar refractivity (Wildman–Crippen MR) is 105 cm³/mol. The molecule has 3 aromatic rings. The SMILES string of the molecule is Cc1ccc2nc(COc3cccc(C(=O)NCCCOCC(F)(F)F)c3)cn2c1. The lowest BCUT2D eigenvalue weighted by Gasteiger charge is -2.09. The van der Waals surface area contributed by atoms with Gasteiger partial charge in [-0.15, -0.1) is 0 Å². The molecular formula is C21H22F3N3O3. The fourth-order valence-corrected chi connectivity index (χ4v) is 2.78. The third kappa shape index (κ3) is 6.48. The Balaban J connectivity index is 1.47. The van der Waals surface area contributed by atoms with Crippen molar-refractivity contribution in [3.63, 3.8) is 0 Å². The molecule has 30 heavy (non-hydrogen) atoms. The molecule has 0 aliphatic rings. The minimum absolute atomic E-state index is 0.0819. The molecular weight excluding hydrogens is 399 g/mol. The highest BCUT2D eigenvalue weighted by atomic mass is 19.4. The maximum Gasteiger partial charge on any atom is 0.411 e. The van der Waals surface area contributed by atoms with Crippen LogP contribution in [0.3, 0.4) is 0 Å². The first-order valence-corrected chi connectivity index (χ1v) is 9.40. The molecule has 0 saturated carbocycles. The van der Waals surface area contributed by atoms with Gasteiger partial charge in [-0.25, -0.2) is 4.98 Å². The van der Waals surface area contributed by atoms with E-state index in [1.165, 1.54) is 0 Å². The molecule has 1 N–H and O–H groups in total. The largest absolute Gasteiger partial charge is 0.487 e. The zero-order chi connectivity index (χ0) is 21.6. The van der Waals surface area contributed by atoms with Gasteiger partial charge in [0, 0.05) is 31.1 Å². The van der Waals surface area contributed by atoms with E-state index >= 15 is 0 Å². The summed E-state index contributed by atoms with van der Waals surface area (Å²) in [6, 6.07) is 10.6. The fraction of sp³-hybridized carbons (Fsp3) is 0.333. The summed E-state index contributed by atoms with van der Waals surface area (Å²) in [5.41, 5.74) is 3.10. The quantitative estimate of drug-likeness (QED) is 0.532. The molecule has 1 aromatic carbocycles. The van der Waals surface area contributed by atoms with Crippen LogP contribution in [0.15, 0.2) is 48.8 Å². The molecule has 0 aliphatic heterocycles. The molecule has 0 saturated heterocycles. The standard InChI is InChI=1S/C21H22F3N3O3/c1-15-6-7-19-26-17(12-27(19)11-15)13-30-18-5-2-4-16(10-18)20(28)25-8-3-9-29-14-21(22,23)24/h2,4-7,10-12H,3,8-9,13-14H2,1H3,(H,25,28). The van der Waals surface area contributed by atoms with Crippen LogP contribution in [-0.2, 0) is 11.3 Å². The lowest BCUT2D eigenvalue weighted by atomic mass is 10.2. The van der Waals surface area contributed by atoms with Crippen molar-refractivity contribution in [3.05, 3.63) is 65.6 Å². The van der Waals surface area contributed by atoms with Gasteiger partial charge in [0.2, 0.25) is 0 Å². The van der Waals surface area contributed by atoms with Crippen LogP contribution in [0.5, 0.6) is 5.75 Å². The fourth-order valence-electron chi connectivity index (χ4n) is 2.78. The van der Waals surface area contributed by atoms with Gasteiger partial charge in [-0.3, -0.25) is 4.79 Å². The summed E-state index contributed by atoms with van der Waals surface area (Å²) in [5, 5.41) is 2.65. The van der Waals surface area contributed by atoms with Crippen molar-refractivity contribution in [1.29, 1.82) is 0 Å². The summed E-state index contributed by atoms with van der Waals surface area (Å²) in [4.78, 5) is 16.7. The molecule has 0 bridgehead atoms. The molecule has 9 heteroatoms. The molecule has 3 rings (SSSR count). The summed E-state index contributed by atoms with van der Waals surface area (Å²) in [5.74, 6) is 0.184. The van der Waals surface area contributed by atoms with E-state index in [9.17, 15) is 18.0 Å². The molecule has 2 aromatic heterocycles. The molecule has 1 amide bonds. The number of fused-ring (bicyclic) bond motifs is 1. The number of benzene rings is 1. The Morgan fingerprint density at radius 1 is 1.20 bits per heavy atom. The van der Waals surface area contributed by atoms with E-state index in [1.807, 2.05) is 35.9 Å². The number of nitrogens with one attached hydrogen (secondary N) is 1. The number of hydrogen-bond donors (Lipinski definition) is 1. The Bertz CT molecular complexity index is 1000. The van der Waals surface area contributed by atoms with Crippen molar-refractivity contribution in [2.75, 3.05) is 19.8 Å². The number of ether oxygens (including phenoxy) is 2. The van der Waals surface area contributed by atoms with Crippen LogP contribution in [-0.4, -0.2) is 41.2 Å². The first kappa shape index (κ1) is 21.6. The Labute approximate surface area is 171 Å². The van der Waals surface area contributed by atoms with Crippen molar-refractivity contribution in [1.82, 2.24) is 14.7 Å². The average molecular weight is 421 g/mol. The smallest absolute Gasteiger partial charge is 0.411 e. The number of rotatable bonds is 9. The number of aromatic nitrogens is 2.